The third kappa shape index (κ3) is 2.77. The topological polar surface area (TPSA) is 57.6 Å². The van der Waals surface area contributed by atoms with E-state index in [9.17, 15) is 19.1 Å². The van der Waals surface area contributed by atoms with Crippen LogP contribution >= 0.6 is 0 Å². The number of carbonyl (C=O) groups is 2. The summed E-state index contributed by atoms with van der Waals surface area (Å²) in [7, 11) is 0. The SMILES string of the molecule is CCC1(C(=O)O)CCN(C(=O)c2cccc(C)c2F)CC1. The molecule has 0 aromatic heterocycles. The van der Waals surface area contributed by atoms with Gasteiger partial charge in [0.05, 0.1) is 11.0 Å². The summed E-state index contributed by atoms with van der Waals surface area (Å²) in [6, 6.07) is 4.75. The number of hydrogen-bond acceptors (Lipinski definition) is 2. The van der Waals surface area contributed by atoms with Gasteiger partial charge in [0.1, 0.15) is 5.82 Å². The number of aryl methyl sites for hydroxylation is 1. The fraction of sp³-hybridized carbons (Fsp3) is 0.500. The molecule has 1 aliphatic rings. The van der Waals surface area contributed by atoms with Gasteiger partial charge in [-0.15, -0.1) is 0 Å². The van der Waals surface area contributed by atoms with Crippen LogP contribution in [-0.4, -0.2) is 35.0 Å². The summed E-state index contributed by atoms with van der Waals surface area (Å²) in [5.41, 5.74) is -0.248. The van der Waals surface area contributed by atoms with Crippen molar-refractivity contribution in [3.63, 3.8) is 0 Å². The summed E-state index contributed by atoms with van der Waals surface area (Å²) in [5, 5.41) is 9.35. The van der Waals surface area contributed by atoms with Gasteiger partial charge in [-0.25, -0.2) is 4.39 Å². The largest absolute Gasteiger partial charge is 0.481 e. The van der Waals surface area contributed by atoms with E-state index in [0.717, 1.165) is 0 Å². The van der Waals surface area contributed by atoms with Crippen LogP contribution in [-0.2, 0) is 4.79 Å². The number of benzene rings is 1. The van der Waals surface area contributed by atoms with Gasteiger partial charge in [0.25, 0.3) is 5.91 Å². The highest BCUT2D eigenvalue weighted by molar-refractivity contribution is 5.95. The van der Waals surface area contributed by atoms with Crippen molar-refractivity contribution in [2.75, 3.05) is 13.1 Å². The molecule has 1 aromatic rings. The number of likely N-dealkylation sites (tertiary alicyclic amines) is 1. The number of rotatable bonds is 3. The molecular weight excluding hydrogens is 273 g/mol. The Morgan fingerprint density at radius 2 is 1.95 bits per heavy atom. The standard InChI is InChI=1S/C16H20FNO3/c1-3-16(15(20)21)7-9-18(10-8-16)14(19)12-6-4-5-11(2)13(12)17/h4-6H,3,7-10H2,1-2H3,(H,20,21). The van der Waals surface area contributed by atoms with Gasteiger partial charge in [-0.2, -0.15) is 0 Å². The van der Waals surface area contributed by atoms with Gasteiger partial charge in [-0.1, -0.05) is 19.1 Å². The highest BCUT2D eigenvalue weighted by atomic mass is 19.1. The van der Waals surface area contributed by atoms with E-state index in [-0.39, 0.29) is 11.5 Å². The quantitative estimate of drug-likeness (QED) is 0.932. The monoisotopic (exact) mass is 293 g/mol. The van der Waals surface area contributed by atoms with E-state index in [1.807, 2.05) is 6.92 Å². The molecule has 4 nitrogen and oxygen atoms in total. The summed E-state index contributed by atoms with van der Waals surface area (Å²) in [6.45, 7) is 4.18. The van der Waals surface area contributed by atoms with E-state index >= 15 is 0 Å². The molecule has 1 saturated heterocycles. The van der Waals surface area contributed by atoms with Gasteiger partial charge in [0.15, 0.2) is 0 Å². The molecule has 1 aliphatic heterocycles. The van der Waals surface area contributed by atoms with Crippen LogP contribution in [0.25, 0.3) is 0 Å². The van der Waals surface area contributed by atoms with Crippen molar-refractivity contribution < 1.29 is 19.1 Å². The van der Waals surface area contributed by atoms with Crippen LogP contribution in [0.3, 0.4) is 0 Å². The number of amides is 1. The summed E-state index contributed by atoms with van der Waals surface area (Å²) >= 11 is 0. The van der Waals surface area contributed by atoms with Crippen LogP contribution in [0.4, 0.5) is 4.39 Å². The summed E-state index contributed by atoms with van der Waals surface area (Å²) in [6.07, 6.45) is 1.37. The number of aliphatic carboxylic acids is 1. The highest BCUT2D eigenvalue weighted by Gasteiger charge is 2.41. The zero-order chi connectivity index (χ0) is 15.6. The second kappa shape index (κ2) is 5.84. The van der Waals surface area contributed by atoms with Gasteiger partial charge in [-0.05, 0) is 37.8 Å². The van der Waals surface area contributed by atoms with Gasteiger partial charge < -0.3 is 10.0 Å². The predicted octanol–water partition coefficient (Wildman–Crippen LogP) is 2.85. The molecule has 1 fully saturated rings. The first-order valence-corrected chi connectivity index (χ1v) is 7.19. The third-order valence-electron chi connectivity index (χ3n) is 4.56. The maximum atomic E-state index is 14.0. The number of carbonyl (C=O) groups excluding carboxylic acids is 1. The molecule has 114 valence electrons. The number of carboxylic acid groups (broad SMARTS) is 1. The number of halogens is 1. The van der Waals surface area contributed by atoms with Gasteiger partial charge in [-0.3, -0.25) is 9.59 Å². The van der Waals surface area contributed by atoms with Gasteiger partial charge in [0, 0.05) is 13.1 Å². The highest BCUT2D eigenvalue weighted by Crippen LogP contribution is 2.35. The molecule has 5 heteroatoms. The molecule has 0 spiro atoms. The Morgan fingerprint density at radius 3 is 2.48 bits per heavy atom. The summed E-state index contributed by atoms with van der Waals surface area (Å²) in [5.74, 6) is -1.65. The first-order valence-electron chi connectivity index (χ1n) is 7.19. The van der Waals surface area contributed by atoms with Gasteiger partial charge >= 0.3 is 5.97 Å². The molecule has 1 heterocycles. The zero-order valence-corrected chi connectivity index (χ0v) is 12.4. The molecular formula is C16H20FNO3. The Hall–Kier alpha value is -1.91. The fourth-order valence-corrected chi connectivity index (χ4v) is 2.84. The van der Waals surface area contributed by atoms with E-state index in [1.54, 1.807) is 24.0 Å². The minimum absolute atomic E-state index is 0.0642. The second-order valence-corrected chi connectivity index (χ2v) is 5.67. The van der Waals surface area contributed by atoms with E-state index in [1.165, 1.54) is 6.07 Å². The van der Waals surface area contributed by atoms with Crippen LogP contribution < -0.4 is 0 Å². The van der Waals surface area contributed by atoms with Crippen LogP contribution in [0.15, 0.2) is 18.2 Å². The molecule has 0 aliphatic carbocycles. The van der Waals surface area contributed by atoms with Crippen molar-refractivity contribution in [3.05, 3.63) is 35.1 Å². The molecule has 2 rings (SSSR count). The van der Waals surface area contributed by atoms with Crippen LogP contribution in [0.5, 0.6) is 0 Å². The van der Waals surface area contributed by atoms with Gasteiger partial charge in [0.2, 0.25) is 0 Å². The Kier molecular flexibility index (Phi) is 4.30. The lowest BCUT2D eigenvalue weighted by Gasteiger charge is -2.38. The Bertz CT molecular complexity index is 563. The van der Waals surface area contributed by atoms with Crippen molar-refractivity contribution in [2.45, 2.75) is 33.1 Å². The number of hydrogen-bond donors (Lipinski definition) is 1. The van der Waals surface area contributed by atoms with E-state index in [2.05, 4.69) is 0 Å². The van der Waals surface area contributed by atoms with Crippen molar-refractivity contribution in [1.82, 2.24) is 4.90 Å². The summed E-state index contributed by atoms with van der Waals surface area (Å²) in [4.78, 5) is 25.3. The maximum absolute atomic E-state index is 14.0. The van der Waals surface area contributed by atoms with Crippen molar-refractivity contribution in [1.29, 1.82) is 0 Å². The minimum atomic E-state index is -0.807. The van der Waals surface area contributed by atoms with E-state index in [4.69, 9.17) is 0 Å². The molecule has 0 radical (unpaired) electrons. The Balaban J connectivity index is 2.14. The predicted molar refractivity (Wildman–Crippen MR) is 76.6 cm³/mol. The lowest BCUT2D eigenvalue weighted by Crippen LogP contribution is -2.46. The molecule has 1 aromatic carbocycles. The first kappa shape index (κ1) is 15.5. The lowest BCUT2D eigenvalue weighted by atomic mass is 9.76. The first-order chi connectivity index (χ1) is 9.91. The molecule has 0 unspecified atom stereocenters. The second-order valence-electron chi connectivity index (χ2n) is 5.67. The fourth-order valence-electron chi connectivity index (χ4n) is 2.84. The normalized spacial score (nSPS) is 17.6. The molecule has 1 amide bonds. The van der Waals surface area contributed by atoms with E-state index in [0.29, 0.717) is 37.9 Å². The molecule has 0 bridgehead atoms. The van der Waals surface area contributed by atoms with Crippen molar-refractivity contribution >= 4 is 11.9 Å². The molecule has 1 N–H and O–H groups in total. The zero-order valence-electron chi connectivity index (χ0n) is 12.4. The van der Waals surface area contributed by atoms with Crippen molar-refractivity contribution in [2.24, 2.45) is 5.41 Å². The average molecular weight is 293 g/mol. The Morgan fingerprint density at radius 1 is 1.33 bits per heavy atom. The van der Waals surface area contributed by atoms with Crippen molar-refractivity contribution in [3.8, 4) is 0 Å². The Labute approximate surface area is 123 Å². The third-order valence-corrected chi connectivity index (χ3v) is 4.56. The maximum Gasteiger partial charge on any atom is 0.309 e. The molecule has 0 saturated carbocycles. The number of piperidine rings is 1. The lowest BCUT2D eigenvalue weighted by molar-refractivity contribution is -0.152. The van der Waals surface area contributed by atoms with Crippen LogP contribution in [0, 0.1) is 18.2 Å². The summed E-state index contributed by atoms with van der Waals surface area (Å²) < 4.78 is 14.0. The minimum Gasteiger partial charge on any atom is -0.481 e. The van der Waals surface area contributed by atoms with E-state index < -0.39 is 17.2 Å². The average Bonchev–Trinajstić information content (AvgIpc) is 2.49. The number of nitrogens with zero attached hydrogens (tertiary/aromatic N) is 1. The molecule has 0 atom stereocenters. The van der Waals surface area contributed by atoms with Crippen LogP contribution in [0.2, 0.25) is 0 Å². The number of carboxylic acids is 1. The smallest absolute Gasteiger partial charge is 0.309 e. The molecule has 21 heavy (non-hydrogen) atoms. The van der Waals surface area contributed by atoms with Crippen LogP contribution in [0.1, 0.15) is 42.1 Å².